The van der Waals surface area contributed by atoms with Crippen LogP contribution < -0.4 is 10.1 Å². The standard InChI is InChI=1S/C21H27NO4/c1-15(22-16(2)21(24)18-7-5-4-6-8-18)14-26-19-11-9-17(10-12-19)13-20(23)25-3/h4-12,15-16,21-22,24H,13-14H2,1-3H3/t15?,16-,21-/m1/s1. The zero-order valence-corrected chi connectivity index (χ0v) is 15.5. The van der Waals surface area contributed by atoms with Crippen LogP contribution in [0.5, 0.6) is 5.75 Å². The average molecular weight is 357 g/mol. The first-order valence-corrected chi connectivity index (χ1v) is 8.77. The normalized spacial score (nSPS) is 14.3. The van der Waals surface area contributed by atoms with Gasteiger partial charge in [0.05, 0.1) is 19.6 Å². The molecule has 0 heterocycles. The van der Waals surface area contributed by atoms with Crippen LogP contribution in [0.25, 0.3) is 0 Å². The number of benzene rings is 2. The number of carbonyl (C=O) groups excluding carboxylic acids is 1. The van der Waals surface area contributed by atoms with Crippen molar-refractivity contribution in [3.8, 4) is 5.75 Å². The first-order valence-electron chi connectivity index (χ1n) is 8.77. The van der Waals surface area contributed by atoms with Crippen LogP contribution in [0, 0.1) is 0 Å². The summed E-state index contributed by atoms with van der Waals surface area (Å²) in [5, 5.41) is 13.8. The first kappa shape index (κ1) is 19.9. The van der Waals surface area contributed by atoms with E-state index in [2.05, 4.69) is 10.1 Å². The number of nitrogens with one attached hydrogen (secondary N) is 1. The number of carbonyl (C=O) groups is 1. The van der Waals surface area contributed by atoms with Gasteiger partial charge < -0.3 is 19.9 Å². The third kappa shape index (κ3) is 6.17. The van der Waals surface area contributed by atoms with Crippen molar-refractivity contribution in [1.29, 1.82) is 0 Å². The number of aliphatic hydroxyl groups is 1. The molecular weight excluding hydrogens is 330 g/mol. The number of methoxy groups -OCH3 is 1. The topological polar surface area (TPSA) is 67.8 Å². The van der Waals surface area contributed by atoms with E-state index in [4.69, 9.17) is 4.74 Å². The average Bonchev–Trinajstić information content (AvgIpc) is 2.67. The van der Waals surface area contributed by atoms with E-state index in [0.29, 0.717) is 6.61 Å². The fourth-order valence-electron chi connectivity index (χ4n) is 2.69. The summed E-state index contributed by atoms with van der Waals surface area (Å²) in [6, 6.07) is 17.0. The van der Waals surface area contributed by atoms with E-state index < -0.39 is 6.10 Å². The van der Waals surface area contributed by atoms with Crippen molar-refractivity contribution in [2.75, 3.05) is 13.7 Å². The van der Waals surface area contributed by atoms with Crippen molar-refractivity contribution in [2.45, 2.75) is 38.5 Å². The maximum atomic E-state index is 11.3. The van der Waals surface area contributed by atoms with Crippen molar-refractivity contribution in [2.24, 2.45) is 0 Å². The van der Waals surface area contributed by atoms with E-state index in [1.54, 1.807) is 0 Å². The molecule has 0 fully saturated rings. The molecule has 3 atom stereocenters. The minimum absolute atomic E-state index is 0.0677. The third-order valence-corrected chi connectivity index (χ3v) is 4.16. The zero-order chi connectivity index (χ0) is 18.9. The maximum Gasteiger partial charge on any atom is 0.309 e. The molecule has 2 rings (SSSR count). The molecule has 1 unspecified atom stereocenters. The summed E-state index contributed by atoms with van der Waals surface area (Å²) in [6.07, 6.45) is -0.319. The molecule has 0 saturated heterocycles. The number of ether oxygens (including phenoxy) is 2. The molecule has 0 aliphatic rings. The number of rotatable bonds is 9. The molecule has 0 amide bonds. The Kier molecular flexibility index (Phi) is 7.63. The van der Waals surface area contributed by atoms with Crippen LogP contribution >= 0.6 is 0 Å². The second-order valence-corrected chi connectivity index (χ2v) is 6.42. The van der Waals surface area contributed by atoms with Crippen LogP contribution in [0.1, 0.15) is 31.1 Å². The third-order valence-electron chi connectivity index (χ3n) is 4.16. The smallest absolute Gasteiger partial charge is 0.309 e. The van der Waals surface area contributed by atoms with Crippen molar-refractivity contribution in [1.82, 2.24) is 5.32 Å². The van der Waals surface area contributed by atoms with Crippen molar-refractivity contribution in [3.63, 3.8) is 0 Å². The summed E-state index contributed by atoms with van der Waals surface area (Å²) in [5.74, 6) is 0.478. The second kappa shape index (κ2) is 9.94. The Bertz CT molecular complexity index is 672. The van der Waals surface area contributed by atoms with Crippen LogP contribution in [-0.4, -0.2) is 36.9 Å². The lowest BCUT2D eigenvalue weighted by Crippen LogP contribution is -2.41. The quantitative estimate of drug-likeness (QED) is 0.676. The lowest BCUT2D eigenvalue weighted by Gasteiger charge is -2.24. The van der Waals surface area contributed by atoms with E-state index in [1.165, 1.54) is 7.11 Å². The summed E-state index contributed by atoms with van der Waals surface area (Å²) in [5.41, 5.74) is 1.77. The summed E-state index contributed by atoms with van der Waals surface area (Å²) in [4.78, 5) is 11.3. The molecule has 2 aromatic carbocycles. The Morgan fingerprint density at radius 3 is 2.35 bits per heavy atom. The van der Waals surface area contributed by atoms with E-state index in [-0.39, 0.29) is 24.5 Å². The highest BCUT2D eigenvalue weighted by molar-refractivity contribution is 5.72. The lowest BCUT2D eigenvalue weighted by atomic mass is 10.0. The molecule has 0 bridgehead atoms. The predicted molar refractivity (Wildman–Crippen MR) is 101 cm³/mol. The van der Waals surface area contributed by atoms with Gasteiger partial charge >= 0.3 is 5.97 Å². The Hall–Kier alpha value is -2.37. The molecule has 140 valence electrons. The van der Waals surface area contributed by atoms with E-state index >= 15 is 0 Å². The maximum absolute atomic E-state index is 11.3. The highest BCUT2D eigenvalue weighted by Gasteiger charge is 2.18. The number of esters is 1. The van der Waals surface area contributed by atoms with Gasteiger partial charge in [-0.1, -0.05) is 42.5 Å². The van der Waals surface area contributed by atoms with Gasteiger partial charge in [-0.15, -0.1) is 0 Å². The molecule has 0 aromatic heterocycles. The van der Waals surface area contributed by atoms with Crippen LogP contribution in [-0.2, 0) is 16.0 Å². The molecular formula is C21H27NO4. The molecule has 5 heteroatoms. The van der Waals surface area contributed by atoms with Gasteiger partial charge in [0.2, 0.25) is 0 Å². The van der Waals surface area contributed by atoms with Crippen molar-refractivity contribution < 1.29 is 19.4 Å². The Morgan fingerprint density at radius 2 is 1.73 bits per heavy atom. The fraction of sp³-hybridized carbons (Fsp3) is 0.381. The molecule has 0 aliphatic heterocycles. The Balaban J connectivity index is 1.79. The first-order chi connectivity index (χ1) is 12.5. The van der Waals surface area contributed by atoms with Crippen LogP contribution in [0.15, 0.2) is 54.6 Å². The molecule has 26 heavy (non-hydrogen) atoms. The van der Waals surface area contributed by atoms with Gasteiger partial charge in [-0.3, -0.25) is 4.79 Å². The molecule has 0 spiro atoms. The van der Waals surface area contributed by atoms with E-state index in [1.807, 2.05) is 68.4 Å². The summed E-state index contributed by atoms with van der Waals surface area (Å²) >= 11 is 0. The lowest BCUT2D eigenvalue weighted by molar-refractivity contribution is -0.139. The number of hydrogen-bond donors (Lipinski definition) is 2. The Morgan fingerprint density at radius 1 is 1.08 bits per heavy atom. The Labute approximate surface area is 155 Å². The molecule has 2 N–H and O–H groups in total. The predicted octanol–water partition coefficient (Wildman–Crippen LogP) is 2.88. The highest BCUT2D eigenvalue weighted by Crippen LogP contribution is 2.17. The van der Waals surface area contributed by atoms with Crippen molar-refractivity contribution in [3.05, 3.63) is 65.7 Å². The number of hydrogen-bond acceptors (Lipinski definition) is 5. The van der Waals surface area contributed by atoms with E-state index in [0.717, 1.165) is 16.9 Å². The van der Waals surface area contributed by atoms with Crippen LogP contribution in [0.4, 0.5) is 0 Å². The van der Waals surface area contributed by atoms with Crippen LogP contribution in [0.3, 0.4) is 0 Å². The molecule has 0 saturated carbocycles. The van der Waals surface area contributed by atoms with Gasteiger partial charge in [0, 0.05) is 12.1 Å². The molecule has 5 nitrogen and oxygen atoms in total. The SMILES string of the molecule is COC(=O)Cc1ccc(OCC(C)N[C@H](C)[C@@H](O)c2ccccc2)cc1. The minimum atomic E-state index is -0.573. The second-order valence-electron chi connectivity index (χ2n) is 6.42. The van der Waals surface area contributed by atoms with Gasteiger partial charge in [0.15, 0.2) is 0 Å². The van der Waals surface area contributed by atoms with Crippen molar-refractivity contribution >= 4 is 5.97 Å². The van der Waals surface area contributed by atoms with Gasteiger partial charge in [0.1, 0.15) is 12.4 Å². The van der Waals surface area contributed by atoms with Crippen LogP contribution in [0.2, 0.25) is 0 Å². The summed E-state index contributed by atoms with van der Waals surface area (Å²) in [7, 11) is 1.38. The largest absolute Gasteiger partial charge is 0.492 e. The number of aliphatic hydroxyl groups excluding tert-OH is 1. The summed E-state index contributed by atoms with van der Waals surface area (Å²) < 4.78 is 10.4. The van der Waals surface area contributed by atoms with Gasteiger partial charge in [-0.05, 0) is 37.1 Å². The minimum Gasteiger partial charge on any atom is -0.492 e. The molecule has 2 aromatic rings. The van der Waals surface area contributed by atoms with Gasteiger partial charge in [-0.2, -0.15) is 0 Å². The van der Waals surface area contributed by atoms with Gasteiger partial charge in [0.25, 0.3) is 0 Å². The fourth-order valence-corrected chi connectivity index (χ4v) is 2.69. The summed E-state index contributed by atoms with van der Waals surface area (Å²) in [6.45, 7) is 4.44. The van der Waals surface area contributed by atoms with E-state index in [9.17, 15) is 9.90 Å². The highest BCUT2D eigenvalue weighted by atomic mass is 16.5. The molecule has 0 aliphatic carbocycles. The molecule has 0 radical (unpaired) electrons. The van der Waals surface area contributed by atoms with Gasteiger partial charge in [-0.25, -0.2) is 0 Å². The zero-order valence-electron chi connectivity index (χ0n) is 15.5. The monoisotopic (exact) mass is 357 g/mol.